The van der Waals surface area contributed by atoms with Crippen LogP contribution < -0.4 is 5.32 Å². The van der Waals surface area contributed by atoms with Crippen LogP contribution in [0.2, 0.25) is 0 Å². The molecule has 6 rings (SSSR count). The number of fused-ring (bicyclic) bond motifs is 1. The first-order valence-electron chi connectivity index (χ1n) is 9.93. The fourth-order valence-corrected chi connectivity index (χ4v) is 6.17. The molecule has 4 fully saturated rings. The summed E-state index contributed by atoms with van der Waals surface area (Å²) >= 11 is 0. The average Bonchev–Trinajstić information content (AvgIpc) is 3.12. The number of nitriles is 1. The number of nitrogens with one attached hydrogen (secondary N) is 1. The normalized spacial score (nSPS) is 34.0. The lowest BCUT2D eigenvalue weighted by atomic mass is 9.52. The number of rotatable bonds is 3. The molecule has 0 aliphatic heterocycles. The third-order valence-corrected chi connectivity index (χ3v) is 6.98. The van der Waals surface area contributed by atoms with Gasteiger partial charge in [0.25, 0.3) is 0 Å². The highest BCUT2D eigenvalue weighted by Gasteiger charge is 2.59. The second kappa shape index (κ2) is 6.22. The molecule has 0 spiro atoms. The third kappa shape index (κ3) is 2.98. The highest BCUT2D eigenvalue weighted by molar-refractivity contribution is 5.77. The fourth-order valence-electron chi connectivity index (χ4n) is 6.17. The number of halogens is 3. The molecular weight excluding hydrogens is 383 g/mol. The van der Waals surface area contributed by atoms with E-state index >= 15 is 0 Å². The van der Waals surface area contributed by atoms with Crippen LogP contribution in [0.5, 0.6) is 0 Å². The first-order valence-corrected chi connectivity index (χ1v) is 9.93. The van der Waals surface area contributed by atoms with Crippen LogP contribution in [0, 0.1) is 29.1 Å². The first kappa shape index (κ1) is 18.5. The van der Waals surface area contributed by atoms with Gasteiger partial charge in [-0.1, -0.05) is 12.2 Å². The Morgan fingerprint density at radius 2 is 2.00 bits per heavy atom. The van der Waals surface area contributed by atoms with E-state index in [1.807, 2.05) is 12.2 Å². The molecule has 0 aromatic carbocycles. The Kier molecular flexibility index (Phi) is 3.96. The summed E-state index contributed by atoms with van der Waals surface area (Å²) in [6.45, 7) is 0. The van der Waals surface area contributed by atoms with Crippen molar-refractivity contribution in [3.8, 4) is 6.07 Å². The summed E-state index contributed by atoms with van der Waals surface area (Å²) in [6.07, 6.45) is 4.52. The number of esters is 1. The summed E-state index contributed by atoms with van der Waals surface area (Å²) in [4.78, 5) is 15.9. The van der Waals surface area contributed by atoms with Crippen molar-refractivity contribution in [3.63, 3.8) is 0 Å². The second-order valence-corrected chi connectivity index (χ2v) is 8.84. The van der Waals surface area contributed by atoms with Gasteiger partial charge >= 0.3 is 12.1 Å². The Morgan fingerprint density at radius 1 is 1.28 bits per heavy atom. The zero-order chi connectivity index (χ0) is 20.4. The molecule has 5 aliphatic rings. The van der Waals surface area contributed by atoms with Gasteiger partial charge < -0.3 is 10.1 Å². The Hall–Kier alpha value is -2.56. The van der Waals surface area contributed by atoms with Crippen LogP contribution >= 0.6 is 0 Å². The molecule has 5 nitrogen and oxygen atoms in total. The number of pyridine rings is 1. The molecule has 8 heteroatoms. The van der Waals surface area contributed by atoms with E-state index in [0.717, 1.165) is 36.2 Å². The molecule has 1 aromatic heterocycles. The van der Waals surface area contributed by atoms with Crippen molar-refractivity contribution in [1.29, 1.82) is 5.26 Å². The van der Waals surface area contributed by atoms with E-state index in [1.165, 1.54) is 0 Å². The van der Waals surface area contributed by atoms with Crippen molar-refractivity contribution in [1.82, 2.24) is 4.98 Å². The Labute approximate surface area is 165 Å². The van der Waals surface area contributed by atoms with E-state index in [1.54, 1.807) is 6.20 Å². The van der Waals surface area contributed by atoms with Gasteiger partial charge in [-0.3, -0.25) is 4.98 Å². The van der Waals surface area contributed by atoms with Gasteiger partial charge in [0.15, 0.2) is 0 Å². The lowest BCUT2D eigenvalue weighted by Crippen LogP contribution is -2.61. The van der Waals surface area contributed by atoms with Gasteiger partial charge in [-0.25, -0.2) is 4.79 Å². The predicted octanol–water partition coefficient (Wildman–Crippen LogP) is 3.99. The number of carbonyl (C=O) groups excluding carboxylic acids is 1. The summed E-state index contributed by atoms with van der Waals surface area (Å²) in [5.74, 6) is -1.57. The molecule has 0 amide bonds. The number of hydrogen-bond acceptors (Lipinski definition) is 5. The van der Waals surface area contributed by atoms with Crippen molar-refractivity contribution in [2.24, 2.45) is 17.8 Å². The number of alkyl halides is 3. The molecule has 2 unspecified atom stereocenters. The summed E-state index contributed by atoms with van der Waals surface area (Å²) in [7, 11) is 0. The Morgan fingerprint density at radius 3 is 2.66 bits per heavy atom. The largest absolute Gasteiger partial charge is 0.490 e. The monoisotopic (exact) mass is 403 g/mol. The number of anilines is 1. The Balaban J connectivity index is 1.41. The summed E-state index contributed by atoms with van der Waals surface area (Å²) in [5.41, 5.74) is 2.09. The minimum Gasteiger partial charge on any atom is -0.452 e. The lowest BCUT2D eigenvalue weighted by molar-refractivity contribution is -0.231. The van der Waals surface area contributed by atoms with Crippen LogP contribution in [0.4, 0.5) is 18.9 Å². The highest BCUT2D eigenvalue weighted by atomic mass is 19.4. The van der Waals surface area contributed by atoms with Crippen molar-refractivity contribution < 1.29 is 22.7 Å². The van der Waals surface area contributed by atoms with Crippen LogP contribution in [0.1, 0.15) is 48.9 Å². The zero-order valence-corrected chi connectivity index (χ0v) is 15.6. The number of hydrogen-bond donors (Lipinski definition) is 1. The quantitative estimate of drug-likeness (QED) is 0.773. The smallest absolute Gasteiger partial charge is 0.452 e. The van der Waals surface area contributed by atoms with E-state index in [9.17, 15) is 23.2 Å². The zero-order valence-electron chi connectivity index (χ0n) is 15.6. The van der Waals surface area contributed by atoms with Crippen LogP contribution in [-0.2, 0) is 16.0 Å². The topological polar surface area (TPSA) is 75.0 Å². The summed E-state index contributed by atoms with van der Waals surface area (Å²) in [6, 6.07) is 2.25. The van der Waals surface area contributed by atoms with E-state index in [4.69, 9.17) is 4.74 Å². The SMILES string of the molecule is N#Cc1cnc2c(c1NC1C3CC4CC1CC(OC(=O)C(F)(F)F)(C4)C3)C=CC2. The number of aromatic nitrogens is 1. The fraction of sp³-hybridized carbons (Fsp3) is 0.571. The number of ether oxygens (including phenoxy) is 1. The van der Waals surface area contributed by atoms with Crippen molar-refractivity contribution >= 4 is 17.7 Å². The van der Waals surface area contributed by atoms with E-state index in [0.29, 0.717) is 24.8 Å². The number of carbonyl (C=O) groups is 1. The molecule has 1 heterocycles. The second-order valence-electron chi connectivity index (χ2n) is 8.84. The standard InChI is InChI=1S/C21H20F3N3O2/c22-21(23,24)19(28)29-20-6-11-4-12(7-20)17(13(5-11)8-20)27-18-14(9-25)10-26-16-3-1-2-15(16)18/h1-2,10-13,17H,3-8H2,(H,26,27). The maximum atomic E-state index is 12.8. The molecular formula is C21H20F3N3O2. The Bertz CT molecular complexity index is 934. The molecule has 0 saturated heterocycles. The predicted molar refractivity (Wildman–Crippen MR) is 97.5 cm³/mol. The van der Waals surface area contributed by atoms with Crippen LogP contribution in [0.3, 0.4) is 0 Å². The van der Waals surface area contributed by atoms with Crippen molar-refractivity contribution in [2.75, 3.05) is 5.32 Å². The summed E-state index contributed by atoms with van der Waals surface area (Å²) < 4.78 is 43.4. The molecule has 4 saturated carbocycles. The van der Waals surface area contributed by atoms with Gasteiger partial charge in [0, 0.05) is 24.2 Å². The maximum Gasteiger partial charge on any atom is 0.490 e. The molecule has 0 radical (unpaired) electrons. The van der Waals surface area contributed by atoms with Crippen molar-refractivity contribution in [2.45, 2.75) is 56.3 Å². The van der Waals surface area contributed by atoms with Crippen molar-refractivity contribution in [3.05, 3.63) is 29.1 Å². The molecule has 1 N–H and O–H groups in total. The molecule has 152 valence electrons. The van der Waals surface area contributed by atoms with Gasteiger partial charge in [0.05, 0.1) is 16.9 Å². The minimum absolute atomic E-state index is 0.0527. The third-order valence-electron chi connectivity index (χ3n) is 6.98. The van der Waals surface area contributed by atoms with Gasteiger partial charge in [0.2, 0.25) is 0 Å². The number of nitrogens with zero attached hydrogens (tertiary/aromatic N) is 2. The van der Waals surface area contributed by atoms with Crippen LogP contribution in [-0.4, -0.2) is 28.8 Å². The molecule has 4 bridgehead atoms. The molecule has 1 aromatic rings. The van der Waals surface area contributed by atoms with Gasteiger partial charge in [0.1, 0.15) is 11.7 Å². The molecule has 2 atom stereocenters. The van der Waals surface area contributed by atoms with Crippen LogP contribution in [0.15, 0.2) is 12.3 Å². The molecule has 5 aliphatic carbocycles. The number of allylic oxidation sites excluding steroid dienone is 1. The highest BCUT2D eigenvalue weighted by Crippen LogP contribution is 2.58. The van der Waals surface area contributed by atoms with E-state index < -0.39 is 17.7 Å². The lowest BCUT2D eigenvalue weighted by Gasteiger charge is -2.59. The van der Waals surface area contributed by atoms with Gasteiger partial charge in [-0.15, -0.1) is 0 Å². The first-order chi connectivity index (χ1) is 13.8. The van der Waals surface area contributed by atoms with Gasteiger partial charge in [-0.05, 0) is 49.9 Å². The minimum atomic E-state index is -4.97. The van der Waals surface area contributed by atoms with E-state index in [-0.39, 0.29) is 23.8 Å². The maximum absolute atomic E-state index is 12.8. The average molecular weight is 403 g/mol. The van der Waals surface area contributed by atoms with Crippen LogP contribution in [0.25, 0.3) is 6.08 Å². The summed E-state index contributed by atoms with van der Waals surface area (Å²) in [5, 5.41) is 13.1. The molecule has 29 heavy (non-hydrogen) atoms. The van der Waals surface area contributed by atoms with E-state index in [2.05, 4.69) is 16.4 Å². The van der Waals surface area contributed by atoms with Gasteiger partial charge in [-0.2, -0.15) is 18.4 Å².